The zero-order valence-electron chi connectivity index (χ0n) is 8.16. The molecule has 0 unspecified atom stereocenters. The van der Waals surface area contributed by atoms with Crippen LogP contribution in [0, 0.1) is 0 Å². The van der Waals surface area contributed by atoms with Gasteiger partial charge in [-0.15, -0.1) is 0 Å². The van der Waals surface area contributed by atoms with Crippen molar-refractivity contribution < 1.29 is 0 Å². The number of H-pyrrole nitrogens is 2. The van der Waals surface area contributed by atoms with Gasteiger partial charge in [-0.25, -0.2) is 23.9 Å². The molecule has 16 heavy (non-hydrogen) atoms. The number of nitrogens with zero attached hydrogens (tertiary/aromatic N) is 4. The van der Waals surface area contributed by atoms with Gasteiger partial charge >= 0.3 is 5.69 Å². The van der Waals surface area contributed by atoms with Gasteiger partial charge in [0.15, 0.2) is 0 Å². The van der Waals surface area contributed by atoms with E-state index in [4.69, 9.17) is 0 Å². The van der Waals surface area contributed by atoms with Crippen LogP contribution in [0.2, 0.25) is 0 Å². The Morgan fingerprint density at radius 1 is 0.938 bits per heavy atom. The fourth-order valence-corrected chi connectivity index (χ4v) is 1.48. The predicted octanol–water partition coefficient (Wildman–Crippen LogP) is 0.0744. The van der Waals surface area contributed by atoms with Crippen molar-refractivity contribution in [3.63, 3.8) is 0 Å². The lowest BCUT2D eigenvalue weighted by atomic mass is 10.8. The summed E-state index contributed by atoms with van der Waals surface area (Å²) >= 11 is 0. The average molecular weight is 216 g/mol. The monoisotopic (exact) mass is 216 g/mol. The van der Waals surface area contributed by atoms with Crippen molar-refractivity contribution in [3.8, 4) is 11.9 Å². The van der Waals surface area contributed by atoms with Gasteiger partial charge < -0.3 is 9.97 Å². The fraction of sp³-hybridized carbons (Fsp3) is 0. The number of hydrogen-bond donors (Lipinski definition) is 2. The number of nitrogens with one attached hydrogen (secondary N) is 2. The minimum absolute atomic E-state index is 0.232. The molecule has 0 atom stereocenters. The van der Waals surface area contributed by atoms with Crippen molar-refractivity contribution in [2.24, 2.45) is 0 Å². The van der Waals surface area contributed by atoms with E-state index in [-0.39, 0.29) is 5.69 Å². The van der Waals surface area contributed by atoms with Crippen molar-refractivity contribution in [1.82, 2.24) is 29.1 Å². The first-order valence-electron chi connectivity index (χ1n) is 4.66. The van der Waals surface area contributed by atoms with Gasteiger partial charge in [0.25, 0.3) is 0 Å². The summed E-state index contributed by atoms with van der Waals surface area (Å²) in [5.41, 5.74) is -0.232. The molecule has 0 aliphatic rings. The molecule has 3 aromatic heterocycles. The molecular formula is C9H8N6O. The van der Waals surface area contributed by atoms with Crippen molar-refractivity contribution in [2.45, 2.75) is 0 Å². The van der Waals surface area contributed by atoms with Crippen molar-refractivity contribution in [1.29, 1.82) is 0 Å². The molecule has 0 spiro atoms. The molecule has 7 heteroatoms. The molecule has 0 aliphatic carbocycles. The van der Waals surface area contributed by atoms with E-state index in [1.54, 1.807) is 37.2 Å². The Morgan fingerprint density at radius 2 is 1.44 bits per heavy atom. The number of hydrogen-bond acceptors (Lipinski definition) is 3. The lowest BCUT2D eigenvalue weighted by molar-refractivity contribution is 0.840. The van der Waals surface area contributed by atoms with Gasteiger partial charge in [-0.05, 0) is 0 Å². The van der Waals surface area contributed by atoms with Gasteiger partial charge in [0.1, 0.15) is 0 Å². The van der Waals surface area contributed by atoms with Gasteiger partial charge in [-0.2, -0.15) is 0 Å². The second-order valence-electron chi connectivity index (χ2n) is 3.15. The maximum atomic E-state index is 12.0. The first kappa shape index (κ1) is 8.72. The zero-order valence-corrected chi connectivity index (χ0v) is 8.16. The molecule has 0 saturated heterocycles. The highest BCUT2D eigenvalue weighted by atomic mass is 16.2. The molecule has 3 aromatic rings. The number of aromatic amines is 2. The summed E-state index contributed by atoms with van der Waals surface area (Å²) in [4.78, 5) is 25.7. The van der Waals surface area contributed by atoms with E-state index in [1.165, 1.54) is 9.13 Å². The van der Waals surface area contributed by atoms with Crippen LogP contribution >= 0.6 is 0 Å². The van der Waals surface area contributed by atoms with Crippen LogP contribution in [0.5, 0.6) is 0 Å². The molecule has 0 radical (unpaired) electrons. The van der Waals surface area contributed by atoms with Gasteiger partial charge in [0, 0.05) is 37.2 Å². The molecule has 3 rings (SSSR count). The van der Waals surface area contributed by atoms with E-state index in [2.05, 4.69) is 19.9 Å². The van der Waals surface area contributed by atoms with E-state index in [1.807, 2.05) is 0 Å². The third kappa shape index (κ3) is 1.18. The number of rotatable bonds is 2. The van der Waals surface area contributed by atoms with Crippen molar-refractivity contribution >= 4 is 0 Å². The van der Waals surface area contributed by atoms with Gasteiger partial charge in [-0.3, -0.25) is 0 Å². The molecule has 0 amide bonds. The molecule has 2 N–H and O–H groups in total. The number of imidazole rings is 3. The van der Waals surface area contributed by atoms with Crippen LogP contribution in [-0.4, -0.2) is 29.1 Å². The van der Waals surface area contributed by atoms with E-state index >= 15 is 0 Å². The van der Waals surface area contributed by atoms with Crippen LogP contribution in [0.4, 0.5) is 0 Å². The minimum Gasteiger partial charge on any atom is -0.330 e. The third-order valence-electron chi connectivity index (χ3n) is 2.20. The van der Waals surface area contributed by atoms with Crippen molar-refractivity contribution in [2.75, 3.05) is 0 Å². The van der Waals surface area contributed by atoms with Gasteiger partial charge in [0.2, 0.25) is 11.9 Å². The second-order valence-corrected chi connectivity index (χ2v) is 3.15. The zero-order chi connectivity index (χ0) is 11.0. The van der Waals surface area contributed by atoms with Gasteiger partial charge in [-0.1, -0.05) is 0 Å². The Balaban J connectivity index is 2.16. The minimum atomic E-state index is -0.232. The Kier molecular flexibility index (Phi) is 1.76. The molecule has 7 nitrogen and oxygen atoms in total. The quantitative estimate of drug-likeness (QED) is 0.636. The fourth-order valence-electron chi connectivity index (χ4n) is 1.48. The number of aromatic nitrogens is 6. The van der Waals surface area contributed by atoms with Crippen LogP contribution in [0.25, 0.3) is 11.9 Å². The Morgan fingerprint density at radius 3 is 1.81 bits per heavy atom. The summed E-state index contributed by atoms with van der Waals surface area (Å²) in [5, 5.41) is 0. The van der Waals surface area contributed by atoms with E-state index < -0.39 is 0 Å². The third-order valence-corrected chi connectivity index (χ3v) is 2.20. The summed E-state index contributed by atoms with van der Waals surface area (Å²) in [6.07, 6.45) is 9.75. The lowest BCUT2D eigenvalue weighted by Crippen LogP contribution is -2.23. The van der Waals surface area contributed by atoms with Crippen LogP contribution in [0.1, 0.15) is 0 Å². The lowest BCUT2D eigenvalue weighted by Gasteiger charge is -1.95. The maximum absolute atomic E-state index is 12.0. The van der Waals surface area contributed by atoms with Crippen LogP contribution in [-0.2, 0) is 0 Å². The van der Waals surface area contributed by atoms with Crippen molar-refractivity contribution in [3.05, 3.63) is 47.7 Å². The van der Waals surface area contributed by atoms with Crippen LogP contribution < -0.4 is 5.69 Å². The summed E-state index contributed by atoms with van der Waals surface area (Å²) < 4.78 is 2.81. The first-order valence-corrected chi connectivity index (χ1v) is 4.66. The average Bonchev–Trinajstić information content (AvgIpc) is 2.96. The topological polar surface area (TPSA) is 84.3 Å². The highest BCUT2D eigenvalue weighted by molar-refractivity contribution is 5.16. The SMILES string of the molecule is O=c1n(-c2ncc[nH]2)ccn1-c1ncc[nH]1. The summed E-state index contributed by atoms with van der Waals surface area (Å²) in [6.45, 7) is 0. The normalized spacial score (nSPS) is 10.8. The molecule has 0 aromatic carbocycles. The summed E-state index contributed by atoms with van der Waals surface area (Å²) in [5.74, 6) is 0.964. The summed E-state index contributed by atoms with van der Waals surface area (Å²) in [7, 11) is 0. The molecule has 0 aliphatic heterocycles. The van der Waals surface area contributed by atoms with Crippen LogP contribution in [0.3, 0.4) is 0 Å². The Bertz CT molecular complexity index is 575. The first-order chi connectivity index (χ1) is 7.86. The predicted molar refractivity (Wildman–Crippen MR) is 55.7 cm³/mol. The Hall–Kier alpha value is -2.57. The maximum Gasteiger partial charge on any atom is 0.342 e. The summed E-state index contributed by atoms with van der Waals surface area (Å²) in [6, 6.07) is 0. The van der Waals surface area contributed by atoms with Crippen LogP contribution in [0.15, 0.2) is 42.0 Å². The standard InChI is InChI=1S/C9H8N6O/c16-9-14(7-10-1-2-11-7)5-6-15(9)8-12-3-4-13-8/h1-6H,(H,10,11)(H,12,13). The molecule has 80 valence electrons. The van der Waals surface area contributed by atoms with Gasteiger partial charge in [0.05, 0.1) is 0 Å². The molecule has 0 bridgehead atoms. The Labute approximate surface area is 89.4 Å². The largest absolute Gasteiger partial charge is 0.342 e. The highest BCUT2D eigenvalue weighted by Gasteiger charge is 2.09. The molecule has 3 heterocycles. The second kappa shape index (κ2) is 3.23. The highest BCUT2D eigenvalue weighted by Crippen LogP contribution is 1.99. The molecule has 0 fully saturated rings. The van der Waals surface area contributed by atoms with E-state index in [9.17, 15) is 4.79 Å². The molecule has 0 saturated carbocycles. The van der Waals surface area contributed by atoms with E-state index in [0.717, 1.165) is 0 Å². The molecular weight excluding hydrogens is 208 g/mol. The van der Waals surface area contributed by atoms with E-state index in [0.29, 0.717) is 11.9 Å². The smallest absolute Gasteiger partial charge is 0.330 e.